The summed E-state index contributed by atoms with van der Waals surface area (Å²) in [7, 11) is 0. The molecule has 0 saturated carbocycles. The van der Waals surface area contributed by atoms with Gasteiger partial charge in [0, 0.05) is 0 Å². The van der Waals surface area contributed by atoms with Gasteiger partial charge in [-0.05, 0) is 45.0 Å². The Kier molecular flexibility index (Phi) is 15.7. The van der Waals surface area contributed by atoms with Crippen LogP contribution in [0.4, 0.5) is 11.4 Å². The first-order chi connectivity index (χ1) is 16.3. The van der Waals surface area contributed by atoms with Crippen LogP contribution in [0.15, 0.2) is 48.5 Å². The first-order valence-corrected chi connectivity index (χ1v) is 10.9. The Balaban J connectivity index is 0.000000514. The van der Waals surface area contributed by atoms with Crippen LogP contribution in [0.3, 0.4) is 0 Å². The molecule has 1 heterocycles. The number of hydrogen-bond donors (Lipinski definition) is 4. The minimum Gasteiger partial charge on any atom is -0.481 e. The van der Waals surface area contributed by atoms with Gasteiger partial charge in [-0.15, -0.1) is 12.4 Å². The number of carbonyl (C=O) groups is 2. The molecule has 0 aliphatic carbocycles. The predicted octanol–water partition coefficient (Wildman–Crippen LogP) is 3.89. The molecule has 0 aliphatic rings. The highest BCUT2D eigenvalue weighted by molar-refractivity contribution is 5.92. The van der Waals surface area contributed by atoms with Crippen molar-refractivity contribution in [2.24, 2.45) is 0 Å². The first kappa shape index (κ1) is 31.2. The molecule has 10 nitrogen and oxygen atoms in total. The Morgan fingerprint density at radius 3 is 1.89 bits per heavy atom. The van der Waals surface area contributed by atoms with Crippen molar-refractivity contribution < 1.29 is 23.8 Å². The van der Waals surface area contributed by atoms with Gasteiger partial charge < -0.3 is 30.7 Å². The quantitative estimate of drug-likeness (QED) is 0.162. The highest BCUT2D eigenvalue weighted by atomic mass is 35.5. The zero-order chi connectivity index (χ0) is 25.3. The van der Waals surface area contributed by atoms with E-state index >= 15 is 0 Å². The van der Waals surface area contributed by atoms with Crippen molar-refractivity contribution in [3.63, 3.8) is 0 Å². The van der Waals surface area contributed by atoms with E-state index in [0.29, 0.717) is 37.0 Å². The molecule has 0 amide bonds. The number of para-hydroxylation sites is 4. The van der Waals surface area contributed by atoms with Crippen molar-refractivity contribution in [3.8, 4) is 0 Å². The van der Waals surface area contributed by atoms with Gasteiger partial charge in [0.25, 0.3) is 0 Å². The minimum atomic E-state index is -0.411. The van der Waals surface area contributed by atoms with Gasteiger partial charge in [-0.3, -0.25) is 15.0 Å². The fraction of sp³-hybridized carbons (Fsp3) is 0.333. The van der Waals surface area contributed by atoms with E-state index in [1.807, 2.05) is 36.4 Å². The largest absolute Gasteiger partial charge is 0.481 e. The van der Waals surface area contributed by atoms with E-state index < -0.39 is 5.97 Å². The number of hydrogen-bond acceptors (Lipinski definition) is 9. The topological polar surface area (TPSA) is 166 Å². The number of anilines is 2. The van der Waals surface area contributed by atoms with E-state index in [-0.39, 0.29) is 37.1 Å². The van der Waals surface area contributed by atoms with Gasteiger partial charge in [0.2, 0.25) is 0 Å². The van der Waals surface area contributed by atoms with Crippen LogP contribution < -0.4 is 11.5 Å². The van der Waals surface area contributed by atoms with Crippen molar-refractivity contribution in [2.75, 3.05) is 31.3 Å². The standard InChI is InChI=1S/C11H12N2O2.C7H13NO3.C6H8N2.ClH/c1-2-15-11(14)7-10-12-8-5-3-4-6-9(8)13-10;1-3-10-6(8)5-7(9)11-4-2;7-5-3-1-2-4-6(5)8;/h3-6H,2,7H2,1H3,(H,12,13);8H,3-5H2,1-2H3;1-4H,7-8H2;1H. The zero-order valence-electron chi connectivity index (χ0n) is 20.2. The van der Waals surface area contributed by atoms with Crippen LogP contribution in [0, 0.1) is 5.41 Å². The minimum absolute atomic E-state index is 0. The van der Waals surface area contributed by atoms with Crippen molar-refractivity contribution in [2.45, 2.75) is 33.6 Å². The molecule has 2 aromatic carbocycles. The Bertz CT molecular complexity index is 987. The lowest BCUT2D eigenvalue weighted by Gasteiger charge is -2.03. The Morgan fingerprint density at radius 1 is 0.857 bits per heavy atom. The second-order valence-corrected chi connectivity index (χ2v) is 6.65. The molecule has 0 unspecified atom stereocenters. The van der Waals surface area contributed by atoms with E-state index in [4.69, 9.17) is 26.4 Å². The number of nitrogens with one attached hydrogen (secondary N) is 2. The first-order valence-electron chi connectivity index (χ1n) is 10.9. The van der Waals surface area contributed by atoms with Crippen LogP contribution in [0.25, 0.3) is 11.0 Å². The molecule has 0 saturated heterocycles. The summed E-state index contributed by atoms with van der Waals surface area (Å²) in [6, 6.07) is 14.9. The zero-order valence-corrected chi connectivity index (χ0v) is 21.0. The van der Waals surface area contributed by atoms with E-state index in [0.717, 1.165) is 11.0 Å². The fourth-order valence-electron chi connectivity index (χ4n) is 2.52. The van der Waals surface area contributed by atoms with Crippen LogP contribution in [0.2, 0.25) is 0 Å². The lowest BCUT2D eigenvalue weighted by Crippen LogP contribution is -2.12. The normalized spacial score (nSPS) is 9.34. The van der Waals surface area contributed by atoms with E-state index in [9.17, 15) is 9.59 Å². The van der Waals surface area contributed by atoms with E-state index in [1.54, 1.807) is 32.9 Å². The van der Waals surface area contributed by atoms with Crippen LogP contribution >= 0.6 is 12.4 Å². The second-order valence-electron chi connectivity index (χ2n) is 6.65. The molecule has 192 valence electrons. The summed E-state index contributed by atoms with van der Waals surface area (Å²) in [6.07, 6.45) is 0.129. The monoisotopic (exact) mass is 507 g/mol. The molecule has 1 aromatic heterocycles. The molecule has 0 atom stereocenters. The number of nitrogen functional groups attached to an aromatic ring is 2. The lowest BCUT2D eigenvalue weighted by molar-refractivity contribution is -0.143. The average molecular weight is 508 g/mol. The Labute approximate surface area is 211 Å². The van der Waals surface area contributed by atoms with Crippen molar-refractivity contribution >= 4 is 52.7 Å². The summed E-state index contributed by atoms with van der Waals surface area (Å²) in [4.78, 5) is 29.2. The average Bonchev–Trinajstić information content (AvgIpc) is 3.19. The number of H-pyrrole nitrogens is 1. The van der Waals surface area contributed by atoms with E-state index in [1.165, 1.54) is 0 Å². The summed E-state index contributed by atoms with van der Waals surface area (Å²) >= 11 is 0. The molecule has 0 spiro atoms. The van der Waals surface area contributed by atoms with Crippen LogP contribution in [-0.4, -0.2) is 47.6 Å². The van der Waals surface area contributed by atoms with Crippen molar-refractivity contribution in [1.29, 1.82) is 5.41 Å². The van der Waals surface area contributed by atoms with Gasteiger partial charge in [-0.1, -0.05) is 24.3 Å². The Morgan fingerprint density at radius 2 is 1.37 bits per heavy atom. The molecule has 3 rings (SSSR count). The van der Waals surface area contributed by atoms with Gasteiger partial charge in [0.15, 0.2) is 5.90 Å². The van der Waals surface area contributed by atoms with Gasteiger partial charge in [0.1, 0.15) is 18.7 Å². The number of nitrogens with two attached hydrogens (primary N) is 2. The van der Waals surface area contributed by atoms with E-state index in [2.05, 4.69) is 14.7 Å². The van der Waals surface area contributed by atoms with Crippen molar-refractivity contribution in [1.82, 2.24) is 9.97 Å². The summed E-state index contributed by atoms with van der Waals surface area (Å²) in [6.45, 7) is 6.44. The van der Waals surface area contributed by atoms with Crippen LogP contribution in [0.1, 0.15) is 33.0 Å². The molecular formula is C24H34ClN5O5. The molecule has 0 bridgehead atoms. The third-order valence-electron chi connectivity index (χ3n) is 3.98. The molecule has 0 aliphatic heterocycles. The number of halogens is 1. The predicted molar refractivity (Wildman–Crippen MR) is 140 cm³/mol. The number of rotatable bonds is 7. The number of esters is 2. The Hall–Kier alpha value is -3.79. The van der Waals surface area contributed by atoms with Crippen molar-refractivity contribution in [3.05, 3.63) is 54.4 Å². The summed E-state index contributed by atoms with van der Waals surface area (Å²) in [5.74, 6) is -0.0527. The molecule has 3 aromatic rings. The van der Waals surface area contributed by atoms with Gasteiger partial charge in [-0.2, -0.15) is 0 Å². The summed E-state index contributed by atoms with van der Waals surface area (Å²) in [5, 5.41) is 7.07. The smallest absolute Gasteiger partial charge is 0.315 e. The van der Waals surface area contributed by atoms with Crippen LogP contribution in [-0.2, 0) is 30.2 Å². The molecule has 6 N–H and O–H groups in total. The number of ether oxygens (including phenoxy) is 3. The number of nitrogens with zero attached hydrogens (tertiary/aromatic N) is 1. The van der Waals surface area contributed by atoms with Gasteiger partial charge >= 0.3 is 11.9 Å². The highest BCUT2D eigenvalue weighted by Gasteiger charge is 2.08. The number of imidazole rings is 1. The number of benzene rings is 2. The third kappa shape index (κ3) is 12.9. The van der Waals surface area contributed by atoms with Gasteiger partial charge in [-0.25, -0.2) is 4.98 Å². The second kappa shape index (κ2) is 17.7. The number of aromatic nitrogens is 2. The maximum atomic E-state index is 11.2. The number of fused-ring (bicyclic) bond motifs is 1. The molecule has 0 fully saturated rings. The lowest BCUT2D eigenvalue weighted by atomic mass is 10.3. The molecule has 11 heteroatoms. The number of carbonyl (C=O) groups excluding carboxylic acids is 2. The van der Waals surface area contributed by atoms with Gasteiger partial charge in [0.05, 0.1) is 42.2 Å². The third-order valence-corrected chi connectivity index (χ3v) is 3.98. The summed E-state index contributed by atoms with van der Waals surface area (Å²) in [5.41, 5.74) is 13.9. The summed E-state index contributed by atoms with van der Waals surface area (Å²) < 4.78 is 14.2. The maximum absolute atomic E-state index is 11.2. The SMILES string of the molecule is CCOC(=N)CC(=O)OCC.CCOC(=O)Cc1nc2ccccc2[nH]1.Cl.Nc1ccccc1N. The number of aromatic amines is 1. The molecular weight excluding hydrogens is 474 g/mol. The highest BCUT2D eigenvalue weighted by Crippen LogP contribution is 2.11. The maximum Gasteiger partial charge on any atom is 0.315 e. The van der Waals surface area contributed by atoms with Crippen LogP contribution in [0.5, 0.6) is 0 Å². The fourth-order valence-corrected chi connectivity index (χ4v) is 2.52. The molecule has 35 heavy (non-hydrogen) atoms. The molecule has 0 radical (unpaired) electrons.